The van der Waals surface area contributed by atoms with Gasteiger partial charge < -0.3 is 14.6 Å². The number of ether oxygens (including phenoxy) is 2. The molecule has 0 aromatic heterocycles. The van der Waals surface area contributed by atoms with Crippen molar-refractivity contribution >= 4 is 12.2 Å². The predicted molar refractivity (Wildman–Crippen MR) is 73.1 cm³/mol. The molecule has 19 heavy (non-hydrogen) atoms. The first-order chi connectivity index (χ1) is 9.08. The molecule has 0 amide bonds. The third-order valence-corrected chi connectivity index (χ3v) is 2.49. The van der Waals surface area contributed by atoms with Crippen LogP contribution in [0.3, 0.4) is 0 Å². The van der Waals surface area contributed by atoms with Crippen molar-refractivity contribution in [3.63, 3.8) is 0 Å². The van der Waals surface area contributed by atoms with E-state index in [0.29, 0.717) is 12.3 Å². The third kappa shape index (κ3) is 4.62. The number of aliphatic imine (C=N–C) groups is 1. The van der Waals surface area contributed by atoms with E-state index in [1.165, 1.54) is 6.21 Å². The lowest BCUT2D eigenvalue weighted by molar-refractivity contribution is -0.138. The Morgan fingerprint density at radius 2 is 2.26 bits per heavy atom. The lowest BCUT2D eigenvalue weighted by Gasteiger charge is -2.08. The summed E-state index contributed by atoms with van der Waals surface area (Å²) >= 11 is 0. The molecule has 0 unspecified atom stereocenters. The Morgan fingerprint density at radius 3 is 2.89 bits per heavy atom. The summed E-state index contributed by atoms with van der Waals surface area (Å²) in [5.74, 6) is -0.0209. The minimum absolute atomic E-state index is 0.0790. The van der Waals surface area contributed by atoms with Gasteiger partial charge in [0.1, 0.15) is 17.1 Å². The van der Waals surface area contributed by atoms with Gasteiger partial charge in [-0.2, -0.15) is 0 Å². The number of allylic oxidation sites excluding steroid dienone is 2. The van der Waals surface area contributed by atoms with Crippen LogP contribution in [0.25, 0.3) is 0 Å². The van der Waals surface area contributed by atoms with Gasteiger partial charge in [-0.3, -0.25) is 4.99 Å². The number of carbonyl (C=O) groups excluding carboxylic acids is 1. The number of hydrogen-bond donors (Lipinski definition) is 1. The van der Waals surface area contributed by atoms with Crippen LogP contribution < -0.4 is 0 Å². The van der Waals surface area contributed by atoms with Crippen molar-refractivity contribution in [3.05, 3.63) is 34.8 Å². The van der Waals surface area contributed by atoms with E-state index >= 15 is 0 Å². The molecule has 5 heteroatoms. The van der Waals surface area contributed by atoms with Crippen LogP contribution in [0.15, 0.2) is 39.8 Å². The fraction of sp³-hybridized carbons (Fsp3) is 0.429. The van der Waals surface area contributed by atoms with Gasteiger partial charge in [0.05, 0.1) is 20.3 Å². The molecule has 0 saturated carbocycles. The molecular weight excluding hydrogens is 246 g/mol. The molecule has 0 fully saturated rings. The van der Waals surface area contributed by atoms with Gasteiger partial charge in [-0.1, -0.05) is 0 Å². The molecule has 1 N–H and O–H groups in total. The standard InChI is InChI=1S/C14H19NO4/c1-4-19-14(17)12-9-15-8-10(2)7-11(18-3)5-6-13(12)16/h5,7,9,16H,4,6,8H2,1-3H3/b10-7-,11-5+,13-12-,15-9?. The average Bonchev–Trinajstić information content (AvgIpc) is 2.39. The first-order valence-electron chi connectivity index (χ1n) is 6.08. The maximum absolute atomic E-state index is 11.7. The van der Waals surface area contributed by atoms with Crippen molar-refractivity contribution in [2.45, 2.75) is 20.3 Å². The minimum atomic E-state index is -0.571. The fourth-order valence-corrected chi connectivity index (χ4v) is 1.53. The highest BCUT2D eigenvalue weighted by Crippen LogP contribution is 2.13. The molecule has 104 valence electrons. The van der Waals surface area contributed by atoms with Crippen LogP contribution in [0, 0.1) is 0 Å². The molecular formula is C14H19NO4. The summed E-state index contributed by atoms with van der Waals surface area (Å²) in [6, 6.07) is 0. The van der Waals surface area contributed by atoms with Crippen LogP contribution in [0.5, 0.6) is 0 Å². The largest absolute Gasteiger partial charge is 0.511 e. The van der Waals surface area contributed by atoms with E-state index in [0.717, 1.165) is 5.57 Å². The summed E-state index contributed by atoms with van der Waals surface area (Å²) in [5.41, 5.74) is 1.08. The maximum Gasteiger partial charge on any atom is 0.343 e. The van der Waals surface area contributed by atoms with Gasteiger partial charge in [-0.25, -0.2) is 4.79 Å². The van der Waals surface area contributed by atoms with Crippen molar-refractivity contribution in [2.24, 2.45) is 4.99 Å². The minimum Gasteiger partial charge on any atom is -0.511 e. The molecule has 0 bridgehead atoms. The van der Waals surface area contributed by atoms with Crippen molar-refractivity contribution < 1.29 is 19.4 Å². The predicted octanol–water partition coefficient (Wildman–Crippen LogP) is 2.31. The van der Waals surface area contributed by atoms with E-state index in [2.05, 4.69) is 4.99 Å². The lowest BCUT2D eigenvalue weighted by Crippen LogP contribution is -2.12. The maximum atomic E-state index is 11.7. The van der Waals surface area contributed by atoms with Crippen molar-refractivity contribution in [1.29, 1.82) is 0 Å². The van der Waals surface area contributed by atoms with Crippen molar-refractivity contribution in [3.8, 4) is 0 Å². The summed E-state index contributed by atoms with van der Waals surface area (Å²) in [6.07, 6.45) is 5.10. The molecule has 0 atom stereocenters. The highest BCUT2D eigenvalue weighted by Gasteiger charge is 2.14. The Bertz CT molecular complexity index is 458. The van der Waals surface area contributed by atoms with Gasteiger partial charge in [0, 0.05) is 12.6 Å². The molecule has 0 spiro atoms. The zero-order chi connectivity index (χ0) is 14.3. The molecule has 0 saturated heterocycles. The number of methoxy groups -OCH3 is 1. The van der Waals surface area contributed by atoms with Gasteiger partial charge >= 0.3 is 5.97 Å². The van der Waals surface area contributed by atoms with E-state index in [9.17, 15) is 9.90 Å². The highest BCUT2D eigenvalue weighted by molar-refractivity contribution is 6.10. The molecule has 5 nitrogen and oxygen atoms in total. The molecule has 1 rings (SSSR count). The smallest absolute Gasteiger partial charge is 0.343 e. The number of aliphatic hydroxyl groups excluding tert-OH is 1. The fourth-order valence-electron chi connectivity index (χ4n) is 1.53. The average molecular weight is 265 g/mol. The normalized spacial score (nSPS) is 25.8. The molecule has 0 aromatic carbocycles. The first kappa shape index (κ1) is 15.0. The number of nitrogens with zero attached hydrogens (tertiary/aromatic N) is 1. The van der Waals surface area contributed by atoms with Crippen LogP contribution in [0.4, 0.5) is 0 Å². The van der Waals surface area contributed by atoms with E-state index < -0.39 is 5.97 Å². The van der Waals surface area contributed by atoms with Crippen molar-refractivity contribution in [2.75, 3.05) is 20.3 Å². The van der Waals surface area contributed by atoms with E-state index in [1.807, 2.05) is 13.0 Å². The molecule has 1 aliphatic heterocycles. The zero-order valence-corrected chi connectivity index (χ0v) is 11.5. The summed E-state index contributed by atoms with van der Waals surface area (Å²) in [5, 5.41) is 9.93. The Kier molecular flexibility index (Phi) is 5.85. The number of esters is 1. The van der Waals surface area contributed by atoms with Gasteiger partial charge in [0.15, 0.2) is 0 Å². The monoisotopic (exact) mass is 265 g/mol. The highest BCUT2D eigenvalue weighted by atomic mass is 16.5. The second-order valence-electron chi connectivity index (χ2n) is 4.06. The molecule has 0 radical (unpaired) electrons. The second-order valence-corrected chi connectivity index (χ2v) is 4.06. The van der Waals surface area contributed by atoms with Crippen LogP contribution in [0.2, 0.25) is 0 Å². The summed E-state index contributed by atoms with van der Waals surface area (Å²) in [7, 11) is 1.55. The lowest BCUT2D eigenvalue weighted by atomic mass is 10.1. The summed E-state index contributed by atoms with van der Waals surface area (Å²) in [6.45, 7) is 4.31. The zero-order valence-electron chi connectivity index (χ0n) is 11.5. The van der Waals surface area contributed by atoms with Gasteiger partial charge in [-0.15, -0.1) is 0 Å². The quantitative estimate of drug-likeness (QED) is 0.795. The second kappa shape index (κ2) is 7.41. The van der Waals surface area contributed by atoms with E-state index in [-0.39, 0.29) is 24.4 Å². The summed E-state index contributed by atoms with van der Waals surface area (Å²) < 4.78 is 10.1. The molecule has 1 aliphatic rings. The SMILES string of the molecule is CCOC(=O)/C1=C(\O)C/C=C(OC)\C=C(\C)CN=C1. The van der Waals surface area contributed by atoms with Crippen LogP contribution in [0.1, 0.15) is 20.3 Å². The first-order valence-corrected chi connectivity index (χ1v) is 6.08. The van der Waals surface area contributed by atoms with E-state index in [1.54, 1.807) is 20.1 Å². The van der Waals surface area contributed by atoms with Crippen LogP contribution in [-0.4, -0.2) is 37.6 Å². The van der Waals surface area contributed by atoms with Crippen LogP contribution >= 0.6 is 0 Å². The Morgan fingerprint density at radius 1 is 1.53 bits per heavy atom. The number of carbonyl (C=O) groups is 1. The topological polar surface area (TPSA) is 68.1 Å². The molecule has 0 aliphatic carbocycles. The van der Waals surface area contributed by atoms with Gasteiger partial charge in [-0.05, 0) is 31.6 Å². The number of rotatable bonds is 3. The Balaban J connectivity index is 3.07. The summed E-state index contributed by atoms with van der Waals surface area (Å²) in [4.78, 5) is 15.8. The van der Waals surface area contributed by atoms with Crippen LogP contribution in [-0.2, 0) is 14.3 Å². The Hall–Kier alpha value is -2.04. The number of aliphatic hydroxyl groups is 1. The Labute approximate surface area is 112 Å². The van der Waals surface area contributed by atoms with Gasteiger partial charge in [0.25, 0.3) is 0 Å². The number of hydrogen-bond acceptors (Lipinski definition) is 5. The van der Waals surface area contributed by atoms with Crippen molar-refractivity contribution in [1.82, 2.24) is 0 Å². The molecule has 0 aromatic rings. The van der Waals surface area contributed by atoms with Gasteiger partial charge in [0.2, 0.25) is 0 Å². The van der Waals surface area contributed by atoms with E-state index in [4.69, 9.17) is 9.47 Å². The third-order valence-electron chi connectivity index (χ3n) is 2.49. The molecule has 1 heterocycles.